The van der Waals surface area contributed by atoms with Crippen molar-refractivity contribution in [1.82, 2.24) is 9.80 Å². The summed E-state index contributed by atoms with van der Waals surface area (Å²) in [6.45, 7) is 15.3. The van der Waals surface area contributed by atoms with Gasteiger partial charge in [-0.25, -0.2) is 4.79 Å². The van der Waals surface area contributed by atoms with Crippen molar-refractivity contribution < 1.29 is 9.53 Å². The molecule has 5 heteroatoms. The summed E-state index contributed by atoms with van der Waals surface area (Å²) in [5.41, 5.74) is -0.437. The van der Waals surface area contributed by atoms with E-state index in [1.165, 1.54) is 0 Å². The molecule has 1 aliphatic heterocycles. The molecule has 21 heavy (non-hydrogen) atoms. The van der Waals surface area contributed by atoms with Crippen LogP contribution >= 0.6 is 0 Å². The fourth-order valence-corrected chi connectivity index (χ4v) is 2.56. The molecular formula is C16H31N3O2. The first-order valence-corrected chi connectivity index (χ1v) is 8.02. The van der Waals surface area contributed by atoms with E-state index in [9.17, 15) is 4.79 Å². The summed E-state index contributed by atoms with van der Waals surface area (Å²) in [7, 11) is 0. The largest absolute Gasteiger partial charge is 0.444 e. The van der Waals surface area contributed by atoms with E-state index >= 15 is 0 Å². The van der Waals surface area contributed by atoms with Gasteiger partial charge in [0.25, 0.3) is 0 Å². The molecule has 1 saturated heterocycles. The molecule has 1 amide bonds. The third kappa shape index (κ3) is 5.65. The van der Waals surface area contributed by atoms with Crippen LogP contribution in [0, 0.1) is 0 Å². The second-order valence-corrected chi connectivity index (χ2v) is 6.64. The van der Waals surface area contributed by atoms with Gasteiger partial charge in [-0.1, -0.05) is 6.92 Å². The maximum Gasteiger partial charge on any atom is 0.410 e. The summed E-state index contributed by atoms with van der Waals surface area (Å²) in [6.07, 6.45) is 2.89. The lowest BCUT2D eigenvalue weighted by Gasteiger charge is -2.42. The molecule has 0 aliphatic carbocycles. The zero-order valence-corrected chi connectivity index (χ0v) is 14.4. The van der Waals surface area contributed by atoms with Crippen LogP contribution < -0.4 is 0 Å². The van der Waals surface area contributed by atoms with E-state index in [-0.39, 0.29) is 12.1 Å². The molecule has 0 bridgehead atoms. The van der Waals surface area contributed by atoms with E-state index in [1.54, 1.807) is 0 Å². The molecule has 5 nitrogen and oxygen atoms in total. The van der Waals surface area contributed by atoms with Crippen LogP contribution in [0.15, 0.2) is 4.99 Å². The molecule has 0 aromatic heterocycles. The van der Waals surface area contributed by atoms with E-state index < -0.39 is 5.60 Å². The molecular weight excluding hydrogens is 266 g/mol. The second-order valence-electron chi connectivity index (χ2n) is 6.64. The van der Waals surface area contributed by atoms with Crippen LogP contribution in [0.3, 0.4) is 0 Å². The standard InChI is InChI=1S/C16H31N3O2/c1-7-14(11-17-8-2)18-9-10-19(13(3)12-18)15(20)21-16(4,5)6/h11,13-14H,7-10,12H2,1-6H3/t13-,14?/m1/s1. The van der Waals surface area contributed by atoms with Gasteiger partial charge in [-0.15, -0.1) is 0 Å². The fraction of sp³-hybridized carbons (Fsp3) is 0.875. The Hall–Kier alpha value is -1.10. The second kappa shape index (κ2) is 7.78. The van der Waals surface area contributed by atoms with Crippen LogP contribution in [-0.4, -0.2) is 66.0 Å². The molecule has 1 heterocycles. The zero-order valence-electron chi connectivity index (χ0n) is 14.4. The van der Waals surface area contributed by atoms with Crippen LogP contribution in [0.4, 0.5) is 4.79 Å². The third-order valence-electron chi connectivity index (χ3n) is 3.63. The van der Waals surface area contributed by atoms with Crippen molar-refractivity contribution in [2.24, 2.45) is 4.99 Å². The maximum atomic E-state index is 12.2. The number of hydrogen-bond acceptors (Lipinski definition) is 4. The van der Waals surface area contributed by atoms with E-state index in [2.05, 4.69) is 30.0 Å². The van der Waals surface area contributed by atoms with E-state index in [0.29, 0.717) is 12.6 Å². The Labute approximate surface area is 129 Å². The Morgan fingerprint density at radius 1 is 1.38 bits per heavy atom. The highest BCUT2D eigenvalue weighted by atomic mass is 16.6. The van der Waals surface area contributed by atoms with Crippen molar-refractivity contribution in [2.45, 2.75) is 65.6 Å². The number of aliphatic imine (C=N–C) groups is 1. The number of hydrogen-bond donors (Lipinski definition) is 0. The molecule has 2 atom stereocenters. The van der Waals surface area contributed by atoms with Gasteiger partial charge in [0.05, 0.1) is 0 Å². The first kappa shape index (κ1) is 18.0. The van der Waals surface area contributed by atoms with Crippen LogP contribution in [0.2, 0.25) is 0 Å². The summed E-state index contributed by atoms with van der Waals surface area (Å²) in [4.78, 5) is 20.8. The van der Waals surface area contributed by atoms with Gasteiger partial charge in [-0.3, -0.25) is 9.89 Å². The topological polar surface area (TPSA) is 45.1 Å². The number of rotatable bonds is 4. The van der Waals surface area contributed by atoms with Gasteiger partial charge in [-0.2, -0.15) is 0 Å². The first-order chi connectivity index (χ1) is 9.78. The number of nitrogens with zero attached hydrogens (tertiary/aromatic N) is 3. The van der Waals surface area contributed by atoms with Crippen LogP contribution in [0.25, 0.3) is 0 Å². The Morgan fingerprint density at radius 3 is 2.52 bits per heavy atom. The Balaban J connectivity index is 2.61. The number of carbonyl (C=O) groups is 1. The minimum atomic E-state index is -0.437. The summed E-state index contributed by atoms with van der Waals surface area (Å²) < 4.78 is 5.48. The fourth-order valence-electron chi connectivity index (χ4n) is 2.56. The lowest BCUT2D eigenvalue weighted by molar-refractivity contribution is -0.000740. The van der Waals surface area contributed by atoms with Crippen LogP contribution in [-0.2, 0) is 4.74 Å². The van der Waals surface area contributed by atoms with Crippen molar-refractivity contribution in [1.29, 1.82) is 0 Å². The average Bonchev–Trinajstić information content (AvgIpc) is 2.37. The van der Waals surface area contributed by atoms with E-state index in [4.69, 9.17) is 4.74 Å². The lowest BCUT2D eigenvalue weighted by atomic mass is 10.1. The normalized spacial score (nSPS) is 22.6. The highest BCUT2D eigenvalue weighted by Crippen LogP contribution is 2.17. The van der Waals surface area contributed by atoms with Gasteiger partial charge in [0.2, 0.25) is 0 Å². The van der Waals surface area contributed by atoms with Gasteiger partial charge in [-0.05, 0) is 41.0 Å². The van der Waals surface area contributed by atoms with Crippen molar-refractivity contribution >= 4 is 12.3 Å². The van der Waals surface area contributed by atoms with Crippen LogP contribution in [0.1, 0.15) is 48.0 Å². The molecule has 0 saturated carbocycles. The van der Waals surface area contributed by atoms with Crippen LogP contribution in [0.5, 0.6) is 0 Å². The van der Waals surface area contributed by atoms with Gasteiger partial charge in [0.1, 0.15) is 5.60 Å². The highest BCUT2D eigenvalue weighted by Gasteiger charge is 2.32. The third-order valence-corrected chi connectivity index (χ3v) is 3.63. The van der Waals surface area contributed by atoms with Crippen molar-refractivity contribution in [2.75, 3.05) is 26.2 Å². The maximum absolute atomic E-state index is 12.2. The summed E-state index contributed by atoms with van der Waals surface area (Å²) in [6, 6.07) is 0.533. The first-order valence-electron chi connectivity index (χ1n) is 8.02. The summed E-state index contributed by atoms with van der Waals surface area (Å²) in [5, 5.41) is 0. The molecule has 122 valence electrons. The number of piperazine rings is 1. The number of amides is 1. The van der Waals surface area contributed by atoms with Gasteiger partial charge >= 0.3 is 6.09 Å². The minimum Gasteiger partial charge on any atom is -0.444 e. The smallest absolute Gasteiger partial charge is 0.410 e. The SMILES string of the molecule is CCN=CC(CC)N1CCN(C(=O)OC(C)(C)C)[C@H](C)C1. The molecule has 0 spiro atoms. The molecule has 1 unspecified atom stereocenters. The van der Waals surface area contributed by atoms with Gasteiger partial charge in [0, 0.05) is 44.5 Å². The quantitative estimate of drug-likeness (QED) is 0.750. The van der Waals surface area contributed by atoms with Crippen molar-refractivity contribution in [3.05, 3.63) is 0 Å². The average molecular weight is 297 g/mol. The monoisotopic (exact) mass is 297 g/mol. The predicted octanol–water partition coefficient (Wildman–Crippen LogP) is 2.80. The minimum absolute atomic E-state index is 0.165. The molecule has 0 radical (unpaired) electrons. The molecule has 0 aromatic rings. The zero-order chi connectivity index (χ0) is 16.0. The Morgan fingerprint density at radius 2 is 2.05 bits per heavy atom. The predicted molar refractivity (Wildman–Crippen MR) is 87.1 cm³/mol. The Bertz CT molecular complexity index is 363. The van der Waals surface area contributed by atoms with Gasteiger partial charge in [0.15, 0.2) is 0 Å². The lowest BCUT2D eigenvalue weighted by Crippen LogP contribution is -2.57. The van der Waals surface area contributed by atoms with Crippen molar-refractivity contribution in [3.8, 4) is 0 Å². The van der Waals surface area contributed by atoms with E-state index in [0.717, 1.165) is 26.1 Å². The number of ether oxygens (including phenoxy) is 1. The van der Waals surface area contributed by atoms with Gasteiger partial charge < -0.3 is 9.64 Å². The summed E-state index contributed by atoms with van der Waals surface area (Å²) in [5.74, 6) is 0. The molecule has 1 fully saturated rings. The summed E-state index contributed by atoms with van der Waals surface area (Å²) >= 11 is 0. The molecule has 0 aromatic carbocycles. The molecule has 1 rings (SSSR count). The number of carbonyl (C=O) groups excluding carboxylic acids is 1. The molecule has 1 aliphatic rings. The highest BCUT2D eigenvalue weighted by molar-refractivity contribution is 5.69. The molecule has 0 N–H and O–H groups in total. The van der Waals surface area contributed by atoms with Crippen molar-refractivity contribution in [3.63, 3.8) is 0 Å². The Kier molecular flexibility index (Phi) is 6.65. The van der Waals surface area contributed by atoms with E-state index in [1.807, 2.05) is 32.6 Å².